The summed E-state index contributed by atoms with van der Waals surface area (Å²) in [5, 5.41) is 2.67. The van der Waals surface area contributed by atoms with Crippen LogP contribution in [0.2, 0.25) is 0 Å². The molecule has 0 saturated heterocycles. The zero-order chi connectivity index (χ0) is 23.7. The third kappa shape index (κ3) is 5.52. The van der Waals surface area contributed by atoms with Crippen LogP contribution in [0.5, 0.6) is 0 Å². The Morgan fingerprint density at radius 2 is 1.75 bits per heavy atom. The third-order valence-corrected chi connectivity index (χ3v) is 6.67. The van der Waals surface area contributed by atoms with Crippen molar-refractivity contribution in [1.29, 1.82) is 0 Å². The van der Waals surface area contributed by atoms with Crippen molar-refractivity contribution in [3.8, 4) is 0 Å². The molecule has 1 fully saturated rings. The highest BCUT2D eigenvalue weighted by Gasteiger charge is 2.32. The molecule has 0 radical (unpaired) electrons. The summed E-state index contributed by atoms with van der Waals surface area (Å²) in [4.78, 5) is 13.1. The van der Waals surface area contributed by atoms with Crippen molar-refractivity contribution < 1.29 is 18.0 Å². The highest BCUT2D eigenvalue weighted by atomic mass is 32.2. The van der Waals surface area contributed by atoms with E-state index in [0.29, 0.717) is 17.6 Å². The lowest BCUT2D eigenvalue weighted by Gasteiger charge is -2.34. The first kappa shape index (κ1) is 24.7. The number of hydrogen-bond donors (Lipinski definition) is 2. The number of hydrogen-bond acceptors (Lipinski definition) is 3. The van der Waals surface area contributed by atoms with Gasteiger partial charge in [-0.2, -0.15) is 13.2 Å². The highest BCUT2D eigenvalue weighted by molar-refractivity contribution is 7.96. The first-order chi connectivity index (χ1) is 14.9. The summed E-state index contributed by atoms with van der Waals surface area (Å²) in [6.45, 7) is 8.29. The van der Waals surface area contributed by atoms with E-state index in [1.165, 1.54) is 12.1 Å². The van der Waals surface area contributed by atoms with Crippen LogP contribution in [0.25, 0.3) is 0 Å². The average Bonchev–Trinajstić information content (AvgIpc) is 3.06. The van der Waals surface area contributed by atoms with Crippen LogP contribution in [0.15, 0.2) is 30.3 Å². The third-order valence-electron chi connectivity index (χ3n) is 6.10. The van der Waals surface area contributed by atoms with E-state index in [-0.39, 0.29) is 17.0 Å². The molecule has 0 aliphatic heterocycles. The maximum Gasteiger partial charge on any atom is 0.416 e. The number of nitrogens with one attached hydrogen (secondary N) is 2. The Hall–Kier alpha value is -1.93. The van der Waals surface area contributed by atoms with E-state index < -0.39 is 11.7 Å². The summed E-state index contributed by atoms with van der Waals surface area (Å²) in [6.07, 6.45) is 1.76. The molecule has 1 amide bonds. The monoisotopic (exact) mass is 467 g/mol. The molecule has 0 atom stereocenters. The maximum absolute atomic E-state index is 13.1. The van der Waals surface area contributed by atoms with Gasteiger partial charge in [-0.15, -0.1) is 0 Å². The molecule has 4 nitrogen and oxygen atoms in total. The second-order valence-electron chi connectivity index (χ2n) is 9.51. The van der Waals surface area contributed by atoms with Gasteiger partial charge in [0.2, 0.25) is 0 Å². The van der Waals surface area contributed by atoms with Crippen LogP contribution < -0.4 is 10.0 Å². The molecule has 3 rings (SSSR count). The molecule has 32 heavy (non-hydrogen) atoms. The lowest BCUT2D eigenvalue weighted by Crippen LogP contribution is -2.31. The van der Waals surface area contributed by atoms with Crippen molar-refractivity contribution in [3.05, 3.63) is 52.8 Å². The Morgan fingerprint density at radius 1 is 1.09 bits per heavy atom. The summed E-state index contributed by atoms with van der Waals surface area (Å²) in [7, 11) is 0. The van der Waals surface area contributed by atoms with Crippen molar-refractivity contribution in [1.82, 2.24) is 9.29 Å². The van der Waals surface area contributed by atoms with Gasteiger partial charge in [0.25, 0.3) is 5.91 Å². The number of rotatable bonds is 5. The summed E-state index contributed by atoms with van der Waals surface area (Å²) in [6, 6.07) is 7.46. The quantitative estimate of drug-likeness (QED) is 0.480. The van der Waals surface area contributed by atoms with Crippen molar-refractivity contribution in [3.63, 3.8) is 0 Å². The predicted octanol–water partition coefficient (Wildman–Crippen LogP) is 6.72. The van der Waals surface area contributed by atoms with Crippen LogP contribution in [-0.4, -0.2) is 22.8 Å². The van der Waals surface area contributed by atoms with E-state index >= 15 is 0 Å². The maximum atomic E-state index is 13.1. The zero-order valence-corrected chi connectivity index (χ0v) is 20.1. The second-order valence-corrected chi connectivity index (χ2v) is 10.2. The van der Waals surface area contributed by atoms with Gasteiger partial charge in [-0.3, -0.25) is 9.52 Å². The van der Waals surface area contributed by atoms with E-state index in [2.05, 4.69) is 35.4 Å². The van der Waals surface area contributed by atoms with E-state index in [4.69, 9.17) is 0 Å². The molecule has 1 heterocycles. The van der Waals surface area contributed by atoms with E-state index in [0.717, 1.165) is 49.2 Å². The minimum atomic E-state index is -4.45. The van der Waals surface area contributed by atoms with Gasteiger partial charge in [-0.05, 0) is 63.1 Å². The molecule has 1 aliphatic carbocycles. The fourth-order valence-electron chi connectivity index (χ4n) is 4.49. The van der Waals surface area contributed by atoms with Crippen LogP contribution in [-0.2, 0) is 11.6 Å². The highest BCUT2D eigenvalue weighted by Crippen LogP contribution is 2.37. The lowest BCUT2D eigenvalue weighted by molar-refractivity contribution is -0.137. The fraction of sp³-hybridized carbons (Fsp3) is 0.542. The molecule has 0 bridgehead atoms. The molecular weight excluding hydrogens is 435 g/mol. The molecule has 2 N–H and O–H groups in total. The fourth-order valence-corrected chi connectivity index (χ4v) is 5.06. The van der Waals surface area contributed by atoms with E-state index in [9.17, 15) is 18.0 Å². The van der Waals surface area contributed by atoms with Gasteiger partial charge in [0.15, 0.2) is 0 Å². The Balaban J connectivity index is 1.89. The predicted molar refractivity (Wildman–Crippen MR) is 125 cm³/mol. The first-order valence-electron chi connectivity index (χ1n) is 10.9. The number of anilines is 1. The van der Waals surface area contributed by atoms with E-state index in [1.54, 1.807) is 11.9 Å². The molecule has 0 spiro atoms. The standard InChI is InChI=1S/C24H32F3N3OS/c1-15-20(22(31)28-18-8-6-7-16(13-18)24(25,26)27)14-21(23(2,3)4)30(15)19-11-9-17(10-12-19)29-32-5/h6-8,13-14,17,19,29H,9-12H2,1-5H3,(H,28,31). The molecule has 8 heteroatoms. The molecule has 1 aromatic heterocycles. The SMILES string of the molecule is CSNC1CCC(n2c(C(C)(C)C)cc(C(=O)Nc3cccc(C(F)(F)F)c3)c2C)CC1. The molecule has 2 aromatic rings. The summed E-state index contributed by atoms with van der Waals surface area (Å²) in [5.74, 6) is -0.385. The molecule has 1 aliphatic rings. The van der Waals surface area contributed by atoms with Crippen LogP contribution in [0.1, 0.15) is 79.8 Å². The number of benzene rings is 1. The van der Waals surface area contributed by atoms with Gasteiger partial charge < -0.3 is 9.88 Å². The van der Waals surface area contributed by atoms with Crippen LogP contribution in [0.4, 0.5) is 18.9 Å². The Labute approximate surface area is 192 Å². The number of carbonyl (C=O) groups is 1. The van der Waals surface area contributed by atoms with Crippen molar-refractivity contribution in [2.24, 2.45) is 0 Å². The zero-order valence-electron chi connectivity index (χ0n) is 19.3. The number of alkyl halides is 3. The number of amides is 1. The van der Waals surface area contributed by atoms with Gasteiger partial charge in [0.05, 0.1) is 11.1 Å². The second kappa shape index (κ2) is 9.51. The van der Waals surface area contributed by atoms with Gasteiger partial charge in [-0.25, -0.2) is 0 Å². The van der Waals surface area contributed by atoms with Gasteiger partial charge in [0.1, 0.15) is 0 Å². The van der Waals surface area contributed by atoms with Crippen LogP contribution >= 0.6 is 11.9 Å². The average molecular weight is 468 g/mol. The van der Waals surface area contributed by atoms with Crippen LogP contribution in [0, 0.1) is 6.92 Å². The van der Waals surface area contributed by atoms with E-state index in [1.807, 2.05) is 19.2 Å². The van der Waals surface area contributed by atoms with Gasteiger partial charge in [0, 0.05) is 34.6 Å². The topological polar surface area (TPSA) is 46.1 Å². The summed E-state index contributed by atoms with van der Waals surface area (Å²) in [5.41, 5.74) is 1.63. The minimum absolute atomic E-state index is 0.137. The normalized spacial score (nSPS) is 19.8. The summed E-state index contributed by atoms with van der Waals surface area (Å²) < 4.78 is 44.9. The number of nitrogens with zero attached hydrogens (tertiary/aromatic N) is 1. The minimum Gasteiger partial charge on any atom is -0.345 e. The smallest absolute Gasteiger partial charge is 0.345 e. The Kier molecular flexibility index (Phi) is 7.34. The number of aromatic nitrogens is 1. The first-order valence-corrected chi connectivity index (χ1v) is 12.1. The molecule has 0 unspecified atom stereocenters. The number of halogens is 3. The van der Waals surface area contributed by atoms with Gasteiger partial charge >= 0.3 is 6.18 Å². The Bertz CT molecular complexity index is 954. The van der Waals surface area contributed by atoms with Gasteiger partial charge in [-0.1, -0.05) is 38.8 Å². The molecule has 176 valence electrons. The Morgan fingerprint density at radius 3 is 2.31 bits per heavy atom. The van der Waals surface area contributed by atoms with Crippen molar-refractivity contribution >= 4 is 23.5 Å². The van der Waals surface area contributed by atoms with Crippen molar-refractivity contribution in [2.75, 3.05) is 11.6 Å². The van der Waals surface area contributed by atoms with Crippen molar-refractivity contribution in [2.45, 2.75) is 77.1 Å². The summed E-state index contributed by atoms with van der Waals surface area (Å²) >= 11 is 1.65. The molecule has 1 saturated carbocycles. The molecule has 1 aromatic carbocycles. The molecular formula is C24H32F3N3OS. The lowest BCUT2D eigenvalue weighted by atomic mass is 9.88. The number of carbonyl (C=O) groups excluding carboxylic acids is 1. The largest absolute Gasteiger partial charge is 0.416 e. The van der Waals surface area contributed by atoms with Crippen LogP contribution in [0.3, 0.4) is 0 Å².